The van der Waals surface area contributed by atoms with E-state index < -0.39 is 12.4 Å². The SMILES string of the molecule is Cn1cc([C@H]2C=C[C@@H]3OC(c4ccccc4)OC[C@H]3O2)c(=O)n(C)c1=O. The predicted octanol–water partition coefficient (Wildman–Crippen LogP) is 1.19. The van der Waals surface area contributed by atoms with Gasteiger partial charge in [-0.3, -0.25) is 9.36 Å². The first kappa shape index (κ1) is 17.0. The molecule has 0 amide bonds. The van der Waals surface area contributed by atoms with Crippen molar-refractivity contribution in [1.29, 1.82) is 0 Å². The molecule has 0 N–H and O–H groups in total. The van der Waals surface area contributed by atoms with E-state index in [9.17, 15) is 9.59 Å². The lowest BCUT2D eigenvalue weighted by molar-refractivity contribution is -0.262. The van der Waals surface area contributed by atoms with Crippen molar-refractivity contribution < 1.29 is 14.2 Å². The Hall–Kier alpha value is -2.48. The molecule has 0 saturated carbocycles. The molecule has 136 valence electrons. The van der Waals surface area contributed by atoms with Gasteiger partial charge in [0.05, 0.1) is 12.2 Å². The Kier molecular flexibility index (Phi) is 4.36. The van der Waals surface area contributed by atoms with E-state index in [4.69, 9.17) is 14.2 Å². The minimum Gasteiger partial charge on any atom is -0.360 e. The van der Waals surface area contributed by atoms with Crippen LogP contribution in [0.4, 0.5) is 0 Å². The number of hydrogen-bond acceptors (Lipinski definition) is 5. The van der Waals surface area contributed by atoms with Crippen molar-refractivity contribution >= 4 is 0 Å². The standard InChI is InChI=1S/C19H20N2O5/c1-20-10-13(17(22)21(2)19(20)23)14-8-9-15-16(25-14)11-24-18(26-15)12-6-4-3-5-7-12/h3-10,14-16,18H,11H2,1-2H3/t14-,15+,16-,18?/m1/s1. The van der Waals surface area contributed by atoms with Crippen LogP contribution >= 0.6 is 0 Å². The van der Waals surface area contributed by atoms with Gasteiger partial charge < -0.3 is 18.8 Å². The number of nitrogens with zero attached hydrogens (tertiary/aromatic N) is 2. The maximum Gasteiger partial charge on any atom is 0.330 e. The maximum absolute atomic E-state index is 12.4. The minimum atomic E-state index is -0.540. The Labute approximate surface area is 150 Å². The molecule has 3 heterocycles. The highest BCUT2D eigenvalue weighted by Crippen LogP contribution is 2.33. The molecule has 1 fully saturated rings. The van der Waals surface area contributed by atoms with Gasteiger partial charge in [-0.05, 0) is 0 Å². The van der Waals surface area contributed by atoms with E-state index in [-0.39, 0.29) is 23.5 Å². The van der Waals surface area contributed by atoms with Crippen molar-refractivity contribution in [3.63, 3.8) is 0 Å². The summed E-state index contributed by atoms with van der Waals surface area (Å²) < 4.78 is 20.3. The van der Waals surface area contributed by atoms with Gasteiger partial charge in [0.2, 0.25) is 0 Å². The number of rotatable bonds is 2. The minimum absolute atomic E-state index is 0.249. The summed E-state index contributed by atoms with van der Waals surface area (Å²) in [6.07, 6.45) is 3.69. The molecule has 0 aliphatic carbocycles. The van der Waals surface area contributed by atoms with Crippen molar-refractivity contribution in [2.24, 2.45) is 14.1 Å². The number of fused-ring (bicyclic) bond motifs is 1. The van der Waals surface area contributed by atoms with Gasteiger partial charge >= 0.3 is 5.69 Å². The van der Waals surface area contributed by atoms with Crippen molar-refractivity contribution in [3.05, 3.63) is 80.6 Å². The van der Waals surface area contributed by atoms with Crippen LogP contribution in [-0.2, 0) is 28.3 Å². The summed E-state index contributed by atoms with van der Waals surface area (Å²) in [5, 5.41) is 0. The van der Waals surface area contributed by atoms with Crippen LogP contribution < -0.4 is 11.2 Å². The van der Waals surface area contributed by atoms with Crippen LogP contribution in [0, 0.1) is 0 Å². The van der Waals surface area contributed by atoms with Gasteiger partial charge in [0, 0.05) is 25.9 Å². The third-order valence-electron chi connectivity index (χ3n) is 4.71. The Bertz CT molecular complexity index is 947. The van der Waals surface area contributed by atoms with Crippen molar-refractivity contribution in [2.75, 3.05) is 6.61 Å². The molecule has 7 nitrogen and oxygen atoms in total. The molecule has 0 bridgehead atoms. The third-order valence-corrected chi connectivity index (χ3v) is 4.71. The molecule has 1 aromatic heterocycles. The molecule has 7 heteroatoms. The maximum atomic E-state index is 12.4. The van der Waals surface area contributed by atoms with Gasteiger partial charge in [0.15, 0.2) is 6.29 Å². The predicted molar refractivity (Wildman–Crippen MR) is 93.7 cm³/mol. The fourth-order valence-corrected chi connectivity index (χ4v) is 3.27. The molecule has 26 heavy (non-hydrogen) atoms. The number of ether oxygens (including phenoxy) is 3. The summed E-state index contributed by atoms with van der Waals surface area (Å²) in [6, 6.07) is 9.72. The van der Waals surface area contributed by atoms with Gasteiger partial charge in [-0.25, -0.2) is 4.79 Å². The molecule has 1 saturated heterocycles. The molecular formula is C19H20N2O5. The molecule has 2 aliphatic rings. The van der Waals surface area contributed by atoms with Crippen LogP contribution in [0.1, 0.15) is 23.5 Å². The van der Waals surface area contributed by atoms with E-state index in [1.165, 1.54) is 17.8 Å². The average molecular weight is 356 g/mol. The summed E-state index contributed by atoms with van der Waals surface area (Å²) in [6.45, 7) is 0.358. The van der Waals surface area contributed by atoms with Crippen LogP contribution in [0.3, 0.4) is 0 Å². The van der Waals surface area contributed by atoms with E-state index >= 15 is 0 Å². The van der Waals surface area contributed by atoms with Crippen molar-refractivity contribution in [3.8, 4) is 0 Å². The van der Waals surface area contributed by atoms with Gasteiger partial charge in [0.1, 0.15) is 18.3 Å². The highest BCUT2D eigenvalue weighted by molar-refractivity contribution is 5.20. The second-order valence-electron chi connectivity index (χ2n) is 6.50. The summed E-state index contributed by atoms with van der Waals surface area (Å²) in [4.78, 5) is 24.3. The zero-order valence-electron chi connectivity index (χ0n) is 14.6. The number of aryl methyl sites for hydroxylation is 1. The quantitative estimate of drug-likeness (QED) is 0.756. The first-order valence-corrected chi connectivity index (χ1v) is 8.47. The topological polar surface area (TPSA) is 71.7 Å². The van der Waals surface area contributed by atoms with Gasteiger partial charge in [-0.1, -0.05) is 42.5 Å². The highest BCUT2D eigenvalue weighted by atomic mass is 16.7. The molecule has 1 unspecified atom stereocenters. The normalized spacial score (nSPS) is 27.9. The molecule has 4 rings (SSSR count). The summed E-state index contributed by atoms with van der Waals surface area (Å²) >= 11 is 0. The van der Waals surface area contributed by atoms with Crippen LogP contribution in [0.5, 0.6) is 0 Å². The Morgan fingerprint density at radius 3 is 2.58 bits per heavy atom. The fourth-order valence-electron chi connectivity index (χ4n) is 3.27. The van der Waals surface area contributed by atoms with Crippen LogP contribution in [-0.4, -0.2) is 27.9 Å². The number of hydrogen-bond donors (Lipinski definition) is 0. The molecule has 0 radical (unpaired) electrons. The molecule has 4 atom stereocenters. The van der Waals surface area contributed by atoms with E-state index in [2.05, 4.69) is 0 Å². The first-order chi connectivity index (χ1) is 12.5. The lowest BCUT2D eigenvalue weighted by Gasteiger charge is -2.39. The fraction of sp³-hybridized carbons (Fsp3) is 0.368. The number of aromatic nitrogens is 2. The van der Waals surface area contributed by atoms with Gasteiger partial charge in [-0.15, -0.1) is 0 Å². The van der Waals surface area contributed by atoms with E-state index in [0.29, 0.717) is 12.2 Å². The second kappa shape index (κ2) is 6.68. The molecule has 2 aromatic rings. The summed E-state index contributed by atoms with van der Waals surface area (Å²) in [7, 11) is 3.07. The average Bonchev–Trinajstić information content (AvgIpc) is 2.69. The molecule has 2 aliphatic heterocycles. The molecule has 0 spiro atoms. The highest BCUT2D eigenvalue weighted by Gasteiger charge is 2.36. The van der Waals surface area contributed by atoms with E-state index in [1.807, 2.05) is 36.4 Å². The van der Waals surface area contributed by atoms with Gasteiger partial charge in [0.25, 0.3) is 5.56 Å². The summed E-state index contributed by atoms with van der Waals surface area (Å²) in [5.74, 6) is 0. The Balaban J connectivity index is 1.57. The zero-order chi connectivity index (χ0) is 18.3. The lowest BCUT2D eigenvalue weighted by Crippen LogP contribution is -2.45. The second-order valence-corrected chi connectivity index (χ2v) is 6.50. The third kappa shape index (κ3) is 2.94. The lowest BCUT2D eigenvalue weighted by atomic mass is 10.0. The molecular weight excluding hydrogens is 336 g/mol. The monoisotopic (exact) mass is 356 g/mol. The Morgan fingerprint density at radius 1 is 1.04 bits per heavy atom. The largest absolute Gasteiger partial charge is 0.360 e. The van der Waals surface area contributed by atoms with E-state index in [1.54, 1.807) is 13.1 Å². The van der Waals surface area contributed by atoms with Crippen LogP contribution in [0.2, 0.25) is 0 Å². The smallest absolute Gasteiger partial charge is 0.330 e. The van der Waals surface area contributed by atoms with Crippen LogP contribution in [0.25, 0.3) is 0 Å². The van der Waals surface area contributed by atoms with Crippen LogP contribution in [0.15, 0.2) is 58.3 Å². The number of benzene rings is 1. The van der Waals surface area contributed by atoms with Gasteiger partial charge in [-0.2, -0.15) is 0 Å². The van der Waals surface area contributed by atoms with Crippen molar-refractivity contribution in [1.82, 2.24) is 9.13 Å². The Morgan fingerprint density at radius 2 is 1.81 bits per heavy atom. The zero-order valence-corrected chi connectivity index (χ0v) is 14.6. The first-order valence-electron chi connectivity index (χ1n) is 8.47. The van der Waals surface area contributed by atoms with Crippen molar-refractivity contribution in [2.45, 2.75) is 24.6 Å². The van der Waals surface area contributed by atoms with E-state index in [0.717, 1.165) is 10.1 Å². The molecule has 1 aromatic carbocycles. The summed E-state index contributed by atoms with van der Waals surface area (Å²) in [5.41, 5.74) is 0.635.